The molecule has 2 aliphatic rings. The van der Waals surface area contributed by atoms with Gasteiger partial charge in [-0.25, -0.2) is 8.42 Å². The zero-order valence-electron chi connectivity index (χ0n) is 14.9. The van der Waals surface area contributed by atoms with Crippen molar-refractivity contribution in [2.24, 2.45) is 16.1 Å². The Hall–Kier alpha value is -0.740. The quantitative estimate of drug-likeness (QED) is 0.372. The van der Waals surface area contributed by atoms with E-state index in [9.17, 15) is 8.42 Å². The fourth-order valence-electron chi connectivity index (χ4n) is 3.28. The van der Waals surface area contributed by atoms with Gasteiger partial charge in [0.2, 0.25) is 0 Å². The zero-order chi connectivity index (χ0) is 18.1. The normalized spacial score (nSPS) is 19.8. The standard InChI is InChI=1S/C17H25ClN4O2S.HI/c1-25(23,24)13-17(6-7-17)12-20-16(19)22-10-8-21(9-11-22)15-4-2-14(18)3-5-15;/h2-5H,6-13H2,1H3,(H2,19,20);1H. The molecule has 9 heteroatoms. The number of hydrogen-bond acceptors (Lipinski definition) is 4. The molecule has 0 bridgehead atoms. The van der Waals surface area contributed by atoms with Crippen LogP contribution in [0.15, 0.2) is 29.3 Å². The summed E-state index contributed by atoms with van der Waals surface area (Å²) in [6.45, 7) is 3.84. The van der Waals surface area contributed by atoms with Gasteiger partial charge in [-0.15, -0.1) is 24.0 Å². The Morgan fingerprint density at radius 1 is 1.19 bits per heavy atom. The zero-order valence-corrected chi connectivity index (χ0v) is 18.8. The van der Waals surface area contributed by atoms with Crippen LogP contribution >= 0.6 is 35.6 Å². The maximum Gasteiger partial charge on any atom is 0.191 e. The summed E-state index contributed by atoms with van der Waals surface area (Å²) in [6, 6.07) is 7.85. The van der Waals surface area contributed by atoms with Crippen LogP contribution in [-0.2, 0) is 9.84 Å². The molecule has 1 heterocycles. The third-order valence-electron chi connectivity index (χ3n) is 4.90. The Labute approximate surface area is 177 Å². The van der Waals surface area contributed by atoms with Crippen LogP contribution in [0.3, 0.4) is 0 Å². The van der Waals surface area contributed by atoms with E-state index in [0.717, 1.165) is 49.7 Å². The minimum Gasteiger partial charge on any atom is -0.370 e. The van der Waals surface area contributed by atoms with Gasteiger partial charge in [-0.05, 0) is 37.1 Å². The molecule has 3 rings (SSSR count). The van der Waals surface area contributed by atoms with Crippen molar-refractivity contribution in [3.8, 4) is 0 Å². The molecule has 0 aromatic heterocycles. The molecule has 1 aromatic carbocycles. The van der Waals surface area contributed by atoms with Gasteiger partial charge in [-0.3, -0.25) is 4.99 Å². The first-order chi connectivity index (χ1) is 11.8. The molecular formula is C17H26ClIN4O2S. The number of benzene rings is 1. The highest BCUT2D eigenvalue weighted by Gasteiger charge is 2.45. The van der Waals surface area contributed by atoms with Crippen molar-refractivity contribution in [2.75, 3.05) is 49.6 Å². The maximum atomic E-state index is 11.5. The minimum atomic E-state index is -2.97. The number of rotatable bonds is 5. The van der Waals surface area contributed by atoms with Gasteiger partial charge in [0.15, 0.2) is 5.96 Å². The van der Waals surface area contributed by atoms with Gasteiger partial charge in [-0.1, -0.05) is 11.6 Å². The van der Waals surface area contributed by atoms with Crippen LogP contribution in [0.25, 0.3) is 0 Å². The van der Waals surface area contributed by atoms with E-state index in [1.165, 1.54) is 6.26 Å². The molecule has 1 saturated heterocycles. The molecule has 0 radical (unpaired) electrons. The lowest BCUT2D eigenvalue weighted by Gasteiger charge is -2.36. The number of sulfone groups is 1. The molecule has 0 unspecified atom stereocenters. The summed E-state index contributed by atoms with van der Waals surface area (Å²) in [5.74, 6) is 0.733. The number of halogens is 2. The first-order valence-corrected chi connectivity index (χ1v) is 10.9. The molecule has 146 valence electrons. The van der Waals surface area contributed by atoms with Crippen LogP contribution in [0.4, 0.5) is 5.69 Å². The summed E-state index contributed by atoms with van der Waals surface area (Å²) in [5.41, 5.74) is 7.12. The van der Waals surface area contributed by atoms with Crippen LogP contribution in [0, 0.1) is 5.41 Å². The average molecular weight is 513 g/mol. The fraction of sp³-hybridized carbons (Fsp3) is 0.588. The highest BCUT2D eigenvalue weighted by Crippen LogP contribution is 2.46. The number of nitrogens with zero attached hydrogens (tertiary/aromatic N) is 3. The van der Waals surface area contributed by atoms with Gasteiger partial charge in [-0.2, -0.15) is 0 Å². The van der Waals surface area contributed by atoms with Crippen LogP contribution in [0.1, 0.15) is 12.8 Å². The van der Waals surface area contributed by atoms with Crippen molar-refractivity contribution in [2.45, 2.75) is 12.8 Å². The summed E-state index contributed by atoms with van der Waals surface area (Å²) in [7, 11) is -2.97. The monoisotopic (exact) mass is 512 g/mol. The third-order valence-corrected chi connectivity index (χ3v) is 6.29. The molecule has 0 spiro atoms. The first-order valence-electron chi connectivity index (χ1n) is 8.50. The fourth-order valence-corrected chi connectivity index (χ4v) is 4.89. The lowest BCUT2D eigenvalue weighted by atomic mass is 10.1. The van der Waals surface area contributed by atoms with E-state index in [1.807, 2.05) is 24.3 Å². The number of anilines is 1. The molecule has 0 amide bonds. The average Bonchev–Trinajstić information content (AvgIpc) is 3.31. The summed E-state index contributed by atoms with van der Waals surface area (Å²) in [5, 5.41) is 0.738. The van der Waals surface area contributed by atoms with Crippen LogP contribution in [-0.4, -0.2) is 64.0 Å². The molecule has 2 N–H and O–H groups in total. The number of nitrogens with two attached hydrogens (primary N) is 1. The Balaban J connectivity index is 0.00000243. The second kappa shape index (κ2) is 8.52. The molecule has 26 heavy (non-hydrogen) atoms. The molecule has 6 nitrogen and oxygen atoms in total. The van der Waals surface area contributed by atoms with Crippen LogP contribution < -0.4 is 10.6 Å². The summed E-state index contributed by atoms with van der Waals surface area (Å²) >= 11 is 5.94. The molecule has 1 aromatic rings. The van der Waals surface area contributed by atoms with Gasteiger partial charge in [0.1, 0.15) is 9.84 Å². The molecule has 0 atom stereocenters. The van der Waals surface area contributed by atoms with Crippen molar-refractivity contribution < 1.29 is 8.42 Å². The van der Waals surface area contributed by atoms with Gasteiger partial charge in [0.05, 0.1) is 5.75 Å². The maximum absolute atomic E-state index is 11.5. The molecule has 1 aliphatic carbocycles. The third kappa shape index (κ3) is 5.88. The Morgan fingerprint density at radius 2 is 1.77 bits per heavy atom. The predicted octanol–water partition coefficient (Wildman–Crippen LogP) is 2.22. The first kappa shape index (κ1) is 21.6. The highest BCUT2D eigenvalue weighted by atomic mass is 127. The van der Waals surface area contributed by atoms with E-state index >= 15 is 0 Å². The SMILES string of the molecule is CS(=O)(=O)CC1(CN=C(N)N2CCN(c3ccc(Cl)cc3)CC2)CC1.I. The lowest BCUT2D eigenvalue weighted by molar-refractivity contribution is 0.379. The summed E-state index contributed by atoms with van der Waals surface area (Å²) < 4.78 is 23.0. The van der Waals surface area contributed by atoms with Crippen molar-refractivity contribution >= 4 is 57.1 Å². The minimum absolute atomic E-state index is 0. The van der Waals surface area contributed by atoms with E-state index in [4.69, 9.17) is 17.3 Å². The summed E-state index contributed by atoms with van der Waals surface area (Å²) in [6.07, 6.45) is 3.12. The van der Waals surface area contributed by atoms with Crippen molar-refractivity contribution in [3.05, 3.63) is 29.3 Å². The Bertz CT molecular complexity index is 743. The number of aliphatic imine (C=N–C) groups is 1. The number of hydrogen-bond donors (Lipinski definition) is 1. The second-order valence-electron chi connectivity index (χ2n) is 7.20. The highest BCUT2D eigenvalue weighted by molar-refractivity contribution is 14.0. The van der Waals surface area contributed by atoms with E-state index in [1.54, 1.807) is 0 Å². The largest absolute Gasteiger partial charge is 0.370 e. The van der Waals surface area contributed by atoms with Crippen molar-refractivity contribution in [1.82, 2.24) is 4.90 Å². The van der Waals surface area contributed by atoms with Crippen molar-refractivity contribution in [1.29, 1.82) is 0 Å². The predicted molar refractivity (Wildman–Crippen MR) is 119 cm³/mol. The summed E-state index contributed by atoms with van der Waals surface area (Å²) in [4.78, 5) is 8.87. The van der Waals surface area contributed by atoms with Crippen LogP contribution in [0.5, 0.6) is 0 Å². The second-order valence-corrected chi connectivity index (χ2v) is 9.77. The van der Waals surface area contributed by atoms with Gasteiger partial charge in [0.25, 0.3) is 0 Å². The van der Waals surface area contributed by atoms with Gasteiger partial charge in [0, 0.05) is 55.1 Å². The molecule has 1 saturated carbocycles. The molecular weight excluding hydrogens is 487 g/mol. The number of piperazine rings is 1. The lowest BCUT2D eigenvalue weighted by Crippen LogP contribution is -2.51. The van der Waals surface area contributed by atoms with Gasteiger partial charge >= 0.3 is 0 Å². The van der Waals surface area contributed by atoms with E-state index in [2.05, 4.69) is 14.8 Å². The van der Waals surface area contributed by atoms with E-state index in [-0.39, 0.29) is 35.1 Å². The smallest absolute Gasteiger partial charge is 0.191 e. The van der Waals surface area contributed by atoms with E-state index in [0.29, 0.717) is 12.5 Å². The topological polar surface area (TPSA) is 79.0 Å². The Morgan fingerprint density at radius 3 is 2.27 bits per heavy atom. The van der Waals surface area contributed by atoms with Gasteiger partial charge < -0.3 is 15.5 Å². The number of guanidine groups is 1. The van der Waals surface area contributed by atoms with Crippen molar-refractivity contribution in [3.63, 3.8) is 0 Å². The van der Waals surface area contributed by atoms with E-state index < -0.39 is 9.84 Å². The molecule has 1 aliphatic heterocycles. The van der Waals surface area contributed by atoms with Crippen LogP contribution in [0.2, 0.25) is 5.02 Å². The Kier molecular flexibility index (Phi) is 7.06. The molecule has 2 fully saturated rings.